The lowest BCUT2D eigenvalue weighted by molar-refractivity contribution is -0.322. The van der Waals surface area contributed by atoms with E-state index in [0.717, 1.165) is 0 Å². The molecule has 0 radical (unpaired) electrons. The van der Waals surface area contributed by atoms with Gasteiger partial charge in [-0.05, 0) is 18.4 Å². The van der Waals surface area contributed by atoms with Crippen molar-refractivity contribution in [3.8, 4) is 0 Å². The van der Waals surface area contributed by atoms with Crippen LogP contribution in [0.25, 0.3) is 0 Å². The minimum Gasteiger partial charge on any atom is -0.549 e. The van der Waals surface area contributed by atoms with Crippen molar-refractivity contribution < 1.29 is 19.8 Å². The molecule has 0 aliphatic rings. The van der Waals surface area contributed by atoms with Crippen molar-refractivity contribution in [2.75, 3.05) is 0 Å². The molecule has 0 aromatic rings. The molecule has 0 bridgehead atoms. The fraction of sp³-hybridized carbons (Fsp3) is 0.636. The van der Waals surface area contributed by atoms with Gasteiger partial charge in [0.1, 0.15) is 0 Å². The summed E-state index contributed by atoms with van der Waals surface area (Å²) in [5.74, 6) is -2.89. The second-order valence-electron chi connectivity index (χ2n) is 3.64. The summed E-state index contributed by atoms with van der Waals surface area (Å²) in [5, 5.41) is 21.8. The predicted octanol–water partition coefficient (Wildman–Crippen LogP) is -0.371. The van der Waals surface area contributed by atoms with Gasteiger partial charge in [-0.3, -0.25) is 0 Å². The predicted molar refractivity (Wildman–Crippen MR) is 51.4 cm³/mol. The van der Waals surface area contributed by atoms with Crippen molar-refractivity contribution >= 4 is 11.9 Å². The summed E-state index contributed by atoms with van der Waals surface area (Å²) in [5.41, 5.74) is -1.85. The largest absolute Gasteiger partial charge is 0.549 e. The molecule has 0 aromatic carbocycles. The van der Waals surface area contributed by atoms with Crippen LogP contribution in [0.1, 0.15) is 39.5 Å². The maximum Gasteiger partial charge on any atom is 0.0678 e. The van der Waals surface area contributed by atoms with E-state index >= 15 is 0 Å². The van der Waals surface area contributed by atoms with E-state index in [1.54, 1.807) is 13.8 Å². The lowest BCUT2D eigenvalue weighted by atomic mass is 9.73. The molecule has 0 aliphatic heterocycles. The Morgan fingerprint density at radius 2 is 1.53 bits per heavy atom. The molecule has 86 valence electrons. The molecule has 0 aromatic heterocycles. The number of rotatable bonds is 7. The molecule has 0 unspecified atom stereocenters. The van der Waals surface area contributed by atoms with Gasteiger partial charge in [-0.1, -0.05) is 33.3 Å². The van der Waals surface area contributed by atoms with Crippen LogP contribution in [0.15, 0.2) is 12.2 Å². The van der Waals surface area contributed by atoms with E-state index in [1.807, 2.05) is 0 Å². The van der Waals surface area contributed by atoms with E-state index in [2.05, 4.69) is 6.58 Å². The van der Waals surface area contributed by atoms with Crippen molar-refractivity contribution in [1.82, 2.24) is 0 Å². The average molecular weight is 212 g/mol. The van der Waals surface area contributed by atoms with E-state index in [0.29, 0.717) is 12.8 Å². The number of hydrogen-bond donors (Lipinski definition) is 0. The second kappa shape index (κ2) is 5.53. The Hall–Kier alpha value is -1.32. The SMILES string of the molecule is C=C(C(=O)[O-])C(CCC)(CCC)C(=O)[O-]. The second-order valence-corrected chi connectivity index (χ2v) is 3.64. The Balaban J connectivity index is 5.19. The summed E-state index contributed by atoms with van der Waals surface area (Å²) in [4.78, 5) is 21.8. The van der Waals surface area contributed by atoms with E-state index in [1.165, 1.54) is 0 Å². The highest BCUT2D eigenvalue weighted by molar-refractivity contribution is 5.94. The van der Waals surface area contributed by atoms with Gasteiger partial charge in [0.2, 0.25) is 0 Å². The highest BCUT2D eigenvalue weighted by Crippen LogP contribution is 2.36. The molecule has 0 saturated heterocycles. The highest BCUT2D eigenvalue weighted by Gasteiger charge is 2.33. The van der Waals surface area contributed by atoms with Crippen LogP contribution in [0.2, 0.25) is 0 Å². The fourth-order valence-corrected chi connectivity index (χ4v) is 1.80. The van der Waals surface area contributed by atoms with Gasteiger partial charge in [-0.15, -0.1) is 0 Å². The normalized spacial score (nSPS) is 11.1. The van der Waals surface area contributed by atoms with Crippen LogP contribution in [-0.2, 0) is 9.59 Å². The Bertz CT molecular complexity index is 262. The summed E-state index contributed by atoms with van der Waals surface area (Å²) >= 11 is 0. The summed E-state index contributed by atoms with van der Waals surface area (Å²) in [6.07, 6.45) is 1.55. The topological polar surface area (TPSA) is 80.3 Å². The van der Waals surface area contributed by atoms with E-state index in [-0.39, 0.29) is 18.4 Å². The van der Waals surface area contributed by atoms with Gasteiger partial charge < -0.3 is 19.8 Å². The third kappa shape index (κ3) is 2.81. The summed E-state index contributed by atoms with van der Waals surface area (Å²) in [6.45, 7) is 6.88. The molecule has 0 spiro atoms. The molecule has 0 fully saturated rings. The zero-order chi connectivity index (χ0) is 12.1. The molecular weight excluding hydrogens is 196 g/mol. The van der Waals surface area contributed by atoms with Crippen LogP contribution in [0.4, 0.5) is 0 Å². The zero-order valence-corrected chi connectivity index (χ0v) is 9.17. The first-order chi connectivity index (χ1) is 6.92. The summed E-state index contributed by atoms with van der Waals surface area (Å²) < 4.78 is 0. The first kappa shape index (κ1) is 13.7. The third-order valence-corrected chi connectivity index (χ3v) is 2.57. The minimum absolute atomic E-state index is 0.218. The zero-order valence-electron chi connectivity index (χ0n) is 9.17. The molecule has 15 heavy (non-hydrogen) atoms. The van der Waals surface area contributed by atoms with Crippen molar-refractivity contribution in [2.24, 2.45) is 5.41 Å². The van der Waals surface area contributed by atoms with Crippen LogP contribution in [-0.4, -0.2) is 11.9 Å². The van der Waals surface area contributed by atoms with Gasteiger partial charge in [-0.2, -0.15) is 0 Å². The average Bonchev–Trinajstić information content (AvgIpc) is 2.15. The van der Waals surface area contributed by atoms with Crippen molar-refractivity contribution in [3.63, 3.8) is 0 Å². The number of carboxylic acid groups (broad SMARTS) is 2. The maximum absolute atomic E-state index is 11.1. The first-order valence-corrected chi connectivity index (χ1v) is 5.04. The van der Waals surface area contributed by atoms with Gasteiger partial charge in [0, 0.05) is 5.41 Å². The monoisotopic (exact) mass is 212 g/mol. The van der Waals surface area contributed by atoms with Gasteiger partial charge >= 0.3 is 0 Å². The number of carbonyl (C=O) groups excluding carboxylic acids is 2. The molecular formula is C11H16O4-2. The van der Waals surface area contributed by atoms with Crippen LogP contribution >= 0.6 is 0 Å². The Morgan fingerprint density at radius 1 is 1.13 bits per heavy atom. The van der Waals surface area contributed by atoms with Crippen LogP contribution in [0.3, 0.4) is 0 Å². The van der Waals surface area contributed by atoms with Crippen LogP contribution in [0, 0.1) is 5.41 Å². The summed E-state index contributed by atoms with van der Waals surface area (Å²) in [6, 6.07) is 0. The Kier molecular flexibility index (Phi) is 5.05. The Morgan fingerprint density at radius 3 is 1.73 bits per heavy atom. The standard InChI is InChI=1S/C11H18O4/c1-4-6-11(7-5-2,10(14)15)8(3)9(12)13/h3-7H2,1-2H3,(H,12,13)(H,14,15)/p-2. The van der Waals surface area contributed by atoms with Gasteiger partial charge in [0.05, 0.1) is 11.9 Å². The quantitative estimate of drug-likeness (QED) is 0.539. The maximum atomic E-state index is 11.1. The van der Waals surface area contributed by atoms with Crippen LogP contribution < -0.4 is 10.2 Å². The van der Waals surface area contributed by atoms with Crippen LogP contribution in [0.5, 0.6) is 0 Å². The molecule has 0 aliphatic carbocycles. The van der Waals surface area contributed by atoms with Crippen molar-refractivity contribution in [2.45, 2.75) is 39.5 Å². The van der Waals surface area contributed by atoms with Gasteiger partial charge in [0.25, 0.3) is 0 Å². The molecule has 4 heteroatoms. The molecule has 0 saturated carbocycles. The molecule has 0 rings (SSSR count). The van der Waals surface area contributed by atoms with E-state index < -0.39 is 17.4 Å². The molecule has 0 heterocycles. The van der Waals surface area contributed by atoms with Crippen molar-refractivity contribution in [3.05, 3.63) is 12.2 Å². The first-order valence-electron chi connectivity index (χ1n) is 5.04. The number of hydrogen-bond acceptors (Lipinski definition) is 4. The molecule has 0 atom stereocenters. The smallest absolute Gasteiger partial charge is 0.0678 e. The molecule has 0 N–H and O–H groups in total. The van der Waals surface area contributed by atoms with Crippen molar-refractivity contribution in [1.29, 1.82) is 0 Å². The molecule has 0 amide bonds. The number of carbonyl (C=O) groups is 2. The van der Waals surface area contributed by atoms with Gasteiger partial charge in [0.15, 0.2) is 0 Å². The third-order valence-electron chi connectivity index (χ3n) is 2.57. The lowest BCUT2D eigenvalue weighted by Crippen LogP contribution is -2.47. The number of carboxylic acids is 2. The van der Waals surface area contributed by atoms with E-state index in [4.69, 9.17) is 0 Å². The fourth-order valence-electron chi connectivity index (χ4n) is 1.80. The Labute approximate surface area is 89.6 Å². The molecule has 4 nitrogen and oxygen atoms in total. The summed E-state index contributed by atoms with van der Waals surface area (Å²) in [7, 11) is 0. The van der Waals surface area contributed by atoms with Gasteiger partial charge in [-0.25, -0.2) is 0 Å². The number of aliphatic carboxylic acids is 2. The minimum atomic E-state index is -1.51. The van der Waals surface area contributed by atoms with E-state index in [9.17, 15) is 19.8 Å². The lowest BCUT2D eigenvalue weighted by Gasteiger charge is -2.37. The highest BCUT2D eigenvalue weighted by atomic mass is 16.4.